The van der Waals surface area contributed by atoms with E-state index in [1.54, 1.807) is 0 Å². The summed E-state index contributed by atoms with van der Waals surface area (Å²) >= 11 is 6.27. The second-order valence-electron chi connectivity index (χ2n) is 4.43. The zero-order valence-corrected chi connectivity index (χ0v) is 11.1. The lowest BCUT2D eigenvalue weighted by Crippen LogP contribution is -1.92. The van der Waals surface area contributed by atoms with Crippen LogP contribution in [-0.4, -0.2) is 16.8 Å². The van der Waals surface area contributed by atoms with Gasteiger partial charge in [0, 0.05) is 17.0 Å². The zero-order valence-electron chi connectivity index (χ0n) is 10.3. The molecule has 0 N–H and O–H groups in total. The van der Waals surface area contributed by atoms with E-state index < -0.39 is 0 Å². The first-order chi connectivity index (χ1) is 9.81. The van der Waals surface area contributed by atoms with Crippen LogP contribution >= 0.6 is 11.6 Å². The maximum Gasteiger partial charge on any atom is 0.231 e. The van der Waals surface area contributed by atoms with E-state index in [4.69, 9.17) is 21.1 Å². The Bertz CT molecular complexity index is 806. The van der Waals surface area contributed by atoms with Crippen LogP contribution in [0.1, 0.15) is 0 Å². The Morgan fingerprint density at radius 3 is 2.50 bits per heavy atom. The summed E-state index contributed by atoms with van der Waals surface area (Å²) in [7, 11) is 0. The van der Waals surface area contributed by atoms with Crippen LogP contribution in [0.5, 0.6) is 11.5 Å². The van der Waals surface area contributed by atoms with Gasteiger partial charge >= 0.3 is 0 Å². The van der Waals surface area contributed by atoms with Gasteiger partial charge in [-0.15, -0.1) is 0 Å². The van der Waals surface area contributed by atoms with Crippen molar-refractivity contribution >= 4 is 22.5 Å². The summed E-state index contributed by atoms with van der Waals surface area (Å²) in [5, 5.41) is 1.17. The summed E-state index contributed by atoms with van der Waals surface area (Å²) in [6.45, 7) is 0.224. The van der Waals surface area contributed by atoms with E-state index in [0.29, 0.717) is 22.5 Å². The Balaban J connectivity index is 1.96. The van der Waals surface area contributed by atoms with Gasteiger partial charge in [-0.1, -0.05) is 41.9 Å². The van der Waals surface area contributed by atoms with Crippen molar-refractivity contribution in [2.45, 2.75) is 0 Å². The fourth-order valence-electron chi connectivity index (χ4n) is 2.20. The van der Waals surface area contributed by atoms with Crippen LogP contribution in [0, 0.1) is 0 Å². The minimum absolute atomic E-state index is 0.224. The van der Waals surface area contributed by atoms with Crippen LogP contribution < -0.4 is 9.47 Å². The van der Waals surface area contributed by atoms with Crippen LogP contribution in [0.25, 0.3) is 22.3 Å². The van der Waals surface area contributed by atoms with Crippen molar-refractivity contribution < 1.29 is 9.47 Å². The van der Waals surface area contributed by atoms with Gasteiger partial charge in [0.2, 0.25) is 6.79 Å². The van der Waals surface area contributed by atoms with Crippen LogP contribution in [0.2, 0.25) is 5.15 Å². The molecule has 20 heavy (non-hydrogen) atoms. The highest BCUT2D eigenvalue weighted by Gasteiger charge is 2.17. The smallest absolute Gasteiger partial charge is 0.231 e. The fourth-order valence-corrected chi connectivity index (χ4v) is 2.43. The van der Waals surface area contributed by atoms with Gasteiger partial charge in [0.25, 0.3) is 0 Å². The predicted molar refractivity (Wildman–Crippen MR) is 76.1 cm³/mol. The molecule has 0 bridgehead atoms. The maximum absolute atomic E-state index is 6.27. The predicted octanol–water partition coefficient (Wildman–Crippen LogP) is 3.68. The highest BCUT2D eigenvalue weighted by Crippen LogP contribution is 2.37. The normalized spacial score (nSPS) is 12.8. The second kappa shape index (κ2) is 4.35. The molecule has 4 rings (SSSR count). The Morgan fingerprint density at radius 2 is 1.70 bits per heavy atom. The minimum Gasteiger partial charge on any atom is -0.454 e. The number of ether oxygens (including phenoxy) is 2. The molecule has 3 aromatic rings. The first-order valence-electron chi connectivity index (χ1n) is 6.13. The Hall–Kier alpha value is -2.33. The Morgan fingerprint density at radius 1 is 0.950 bits per heavy atom. The summed E-state index contributed by atoms with van der Waals surface area (Å²) in [4.78, 5) is 8.91. The average Bonchev–Trinajstić information content (AvgIpc) is 2.93. The molecule has 0 radical (unpaired) electrons. The van der Waals surface area contributed by atoms with Crippen molar-refractivity contribution in [2.24, 2.45) is 0 Å². The monoisotopic (exact) mass is 284 g/mol. The van der Waals surface area contributed by atoms with Gasteiger partial charge in [-0.2, -0.15) is 0 Å². The van der Waals surface area contributed by atoms with Crippen molar-refractivity contribution in [1.29, 1.82) is 0 Å². The van der Waals surface area contributed by atoms with Crippen molar-refractivity contribution in [2.75, 3.05) is 6.79 Å². The van der Waals surface area contributed by atoms with Crippen molar-refractivity contribution in [1.82, 2.24) is 9.97 Å². The van der Waals surface area contributed by atoms with Gasteiger partial charge in [0.15, 0.2) is 17.3 Å². The number of nitrogens with zero attached hydrogens (tertiary/aromatic N) is 2. The molecule has 4 nitrogen and oxygen atoms in total. The van der Waals surface area contributed by atoms with E-state index in [1.165, 1.54) is 0 Å². The lowest BCUT2D eigenvalue weighted by molar-refractivity contribution is 0.174. The summed E-state index contributed by atoms with van der Waals surface area (Å²) in [5.41, 5.74) is 1.67. The largest absolute Gasteiger partial charge is 0.454 e. The van der Waals surface area contributed by atoms with Gasteiger partial charge in [-0.25, -0.2) is 9.97 Å². The summed E-state index contributed by atoms with van der Waals surface area (Å²) < 4.78 is 10.7. The van der Waals surface area contributed by atoms with Gasteiger partial charge in [0.05, 0.1) is 5.52 Å². The molecule has 0 amide bonds. The molecule has 2 aromatic carbocycles. The number of hydrogen-bond acceptors (Lipinski definition) is 4. The third kappa shape index (κ3) is 1.77. The Kier molecular flexibility index (Phi) is 2.50. The third-order valence-electron chi connectivity index (χ3n) is 3.18. The summed E-state index contributed by atoms with van der Waals surface area (Å²) in [6.07, 6.45) is 0. The standard InChI is InChI=1S/C15H9ClN2O2/c16-14-10-6-12-13(20-8-19-12)7-11(10)17-15(18-14)9-4-2-1-3-5-9/h1-7H,8H2. The molecule has 0 spiro atoms. The van der Waals surface area contributed by atoms with E-state index in [1.807, 2.05) is 42.5 Å². The molecule has 5 heteroatoms. The number of benzene rings is 2. The number of aromatic nitrogens is 2. The molecule has 0 saturated heterocycles. The number of fused-ring (bicyclic) bond motifs is 2. The van der Waals surface area contributed by atoms with Crippen molar-refractivity contribution in [3.05, 3.63) is 47.6 Å². The molecule has 98 valence electrons. The highest BCUT2D eigenvalue weighted by atomic mass is 35.5. The number of halogens is 1. The topological polar surface area (TPSA) is 44.2 Å². The molecule has 2 heterocycles. The molecular formula is C15H9ClN2O2. The molecule has 0 atom stereocenters. The lowest BCUT2D eigenvalue weighted by atomic mass is 10.2. The van der Waals surface area contributed by atoms with E-state index >= 15 is 0 Å². The van der Waals surface area contributed by atoms with Crippen LogP contribution in [0.4, 0.5) is 0 Å². The van der Waals surface area contributed by atoms with E-state index in [-0.39, 0.29) is 6.79 Å². The third-order valence-corrected chi connectivity index (χ3v) is 3.46. The molecule has 0 unspecified atom stereocenters. The lowest BCUT2D eigenvalue weighted by Gasteiger charge is -2.05. The SMILES string of the molecule is Clc1nc(-c2ccccc2)nc2cc3c(cc12)OCO3. The summed E-state index contributed by atoms with van der Waals surface area (Å²) in [6, 6.07) is 13.4. The van der Waals surface area contributed by atoms with Gasteiger partial charge in [-0.05, 0) is 6.07 Å². The molecule has 1 aromatic heterocycles. The first kappa shape index (κ1) is 11.5. The average molecular weight is 285 g/mol. The first-order valence-corrected chi connectivity index (χ1v) is 6.51. The van der Waals surface area contributed by atoms with Crippen LogP contribution in [0.15, 0.2) is 42.5 Å². The van der Waals surface area contributed by atoms with Crippen molar-refractivity contribution in [3.63, 3.8) is 0 Å². The summed E-state index contributed by atoms with van der Waals surface area (Å²) in [5.74, 6) is 1.96. The molecule has 0 aliphatic carbocycles. The number of hydrogen-bond donors (Lipinski definition) is 0. The van der Waals surface area contributed by atoms with Crippen molar-refractivity contribution in [3.8, 4) is 22.9 Å². The van der Waals surface area contributed by atoms with E-state index in [9.17, 15) is 0 Å². The van der Waals surface area contributed by atoms with Gasteiger partial charge in [0.1, 0.15) is 5.15 Å². The van der Waals surface area contributed by atoms with Gasteiger partial charge < -0.3 is 9.47 Å². The van der Waals surface area contributed by atoms with Crippen LogP contribution in [0.3, 0.4) is 0 Å². The molecular weight excluding hydrogens is 276 g/mol. The fraction of sp³-hybridized carbons (Fsp3) is 0.0667. The highest BCUT2D eigenvalue weighted by molar-refractivity contribution is 6.34. The maximum atomic E-state index is 6.27. The Labute approximate surface area is 119 Å². The van der Waals surface area contributed by atoms with E-state index in [2.05, 4.69) is 9.97 Å². The molecule has 0 fully saturated rings. The second-order valence-corrected chi connectivity index (χ2v) is 4.78. The number of rotatable bonds is 1. The van der Waals surface area contributed by atoms with Crippen LogP contribution in [-0.2, 0) is 0 Å². The molecule has 0 saturated carbocycles. The molecule has 1 aliphatic heterocycles. The molecule has 1 aliphatic rings. The van der Waals surface area contributed by atoms with E-state index in [0.717, 1.165) is 16.5 Å². The quantitative estimate of drug-likeness (QED) is 0.640. The zero-order chi connectivity index (χ0) is 13.5. The van der Waals surface area contributed by atoms with Gasteiger partial charge in [-0.3, -0.25) is 0 Å². The minimum atomic E-state index is 0.224.